The number of aryl methyl sites for hydroxylation is 2. The molecule has 0 radical (unpaired) electrons. The summed E-state index contributed by atoms with van der Waals surface area (Å²) in [6, 6.07) is 13.5. The van der Waals surface area contributed by atoms with Crippen LogP contribution in [0.2, 0.25) is 0 Å². The Labute approximate surface area is 177 Å². The van der Waals surface area contributed by atoms with Gasteiger partial charge in [-0.3, -0.25) is 4.79 Å². The van der Waals surface area contributed by atoms with Gasteiger partial charge in [0.25, 0.3) is 5.91 Å². The molecule has 30 heavy (non-hydrogen) atoms. The van der Waals surface area contributed by atoms with Gasteiger partial charge in [0.2, 0.25) is 0 Å². The number of methoxy groups -OCH3 is 2. The van der Waals surface area contributed by atoms with Gasteiger partial charge in [-0.15, -0.1) is 0 Å². The highest BCUT2D eigenvalue weighted by atomic mass is 16.5. The minimum Gasteiger partial charge on any atom is -0.497 e. The van der Waals surface area contributed by atoms with Crippen LogP contribution in [0.3, 0.4) is 0 Å². The van der Waals surface area contributed by atoms with Crippen LogP contribution in [0.4, 0.5) is 0 Å². The van der Waals surface area contributed by atoms with E-state index in [9.17, 15) is 4.79 Å². The van der Waals surface area contributed by atoms with Crippen molar-refractivity contribution in [3.63, 3.8) is 0 Å². The van der Waals surface area contributed by atoms with Crippen LogP contribution in [0.15, 0.2) is 42.5 Å². The summed E-state index contributed by atoms with van der Waals surface area (Å²) in [5, 5.41) is 7.80. The largest absolute Gasteiger partial charge is 0.497 e. The van der Waals surface area contributed by atoms with Crippen molar-refractivity contribution in [2.24, 2.45) is 5.92 Å². The molecule has 0 aliphatic rings. The fraction of sp³-hybridized carbons (Fsp3) is 0.333. The Morgan fingerprint density at radius 1 is 1.07 bits per heavy atom. The van der Waals surface area contributed by atoms with E-state index in [1.807, 2.05) is 56.3 Å². The number of benzene rings is 2. The summed E-state index contributed by atoms with van der Waals surface area (Å²) in [6.45, 7) is 8.77. The second-order valence-corrected chi connectivity index (χ2v) is 7.79. The normalized spacial score (nSPS) is 10.9. The average molecular weight is 408 g/mol. The number of carbonyl (C=O) groups excluding carboxylic acids is 1. The van der Waals surface area contributed by atoms with Crippen molar-refractivity contribution in [3.8, 4) is 28.4 Å². The van der Waals surface area contributed by atoms with E-state index in [2.05, 4.69) is 19.2 Å². The van der Waals surface area contributed by atoms with Gasteiger partial charge in [-0.05, 0) is 55.2 Å². The molecule has 6 heteroatoms. The molecule has 0 saturated heterocycles. The molecule has 0 spiro atoms. The molecule has 1 aromatic heterocycles. The first-order valence-electron chi connectivity index (χ1n) is 10.0. The molecule has 0 aliphatic heterocycles. The molecule has 0 unspecified atom stereocenters. The van der Waals surface area contributed by atoms with Gasteiger partial charge in [0.05, 0.1) is 25.6 Å². The Balaban J connectivity index is 2.15. The van der Waals surface area contributed by atoms with E-state index >= 15 is 0 Å². The maximum Gasteiger partial charge on any atom is 0.270 e. The summed E-state index contributed by atoms with van der Waals surface area (Å²) in [7, 11) is 3.22. The average Bonchev–Trinajstić information content (AvgIpc) is 3.18. The fourth-order valence-electron chi connectivity index (χ4n) is 3.20. The standard InChI is InChI=1S/C24H29N3O3/c1-15(2)14-25-24(28)22-13-20(19-10-9-18(29-5)12-23(19)30-6)26-27(22)21-11-16(3)7-8-17(21)4/h7-13,15H,14H2,1-6H3,(H,25,28). The van der Waals surface area contributed by atoms with Crippen LogP contribution >= 0.6 is 0 Å². The maximum absolute atomic E-state index is 13.0. The van der Waals surface area contributed by atoms with Crippen LogP contribution in [0, 0.1) is 19.8 Å². The quantitative estimate of drug-likeness (QED) is 0.624. The number of nitrogens with zero attached hydrogens (tertiary/aromatic N) is 2. The number of aromatic nitrogens is 2. The number of nitrogens with one attached hydrogen (secondary N) is 1. The molecule has 0 saturated carbocycles. The zero-order valence-electron chi connectivity index (χ0n) is 18.4. The van der Waals surface area contributed by atoms with E-state index in [1.54, 1.807) is 18.9 Å². The lowest BCUT2D eigenvalue weighted by Crippen LogP contribution is -2.29. The molecular weight excluding hydrogens is 378 g/mol. The summed E-state index contributed by atoms with van der Waals surface area (Å²) >= 11 is 0. The molecule has 0 aliphatic carbocycles. The predicted octanol–water partition coefficient (Wildman–Crippen LogP) is 4.56. The van der Waals surface area contributed by atoms with Crippen molar-refractivity contribution in [1.82, 2.24) is 15.1 Å². The minimum atomic E-state index is -0.157. The second kappa shape index (κ2) is 9.03. The molecule has 2 aromatic carbocycles. The molecule has 0 bridgehead atoms. The van der Waals surface area contributed by atoms with Crippen LogP contribution in [0.5, 0.6) is 11.5 Å². The minimum absolute atomic E-state index is 0.157. The van der Waals surface area contributed by atoms with Gasteiger partial charge in [0, 0.05) is 18.2 Å². The third kappa shape index (κ3) is 4.48. The molecule has 1 N–H and O–H groups in total. The first-order chi connectivity index (χ1) is 14.3. The number of rotatable bonds is 7. The van der Waals surface area contributed by atoms with Gasteiger partial charge in [0.1, 0.15) is 17.2 Å². The van der Waals surface area contributed by atoms with E-state index in [4.69, 9.17) is 14.6 Å². The van der Waals surface area contributed by atoms with Gasteiger partial charge in [-0.1, -0.05) is 26.0 Å². The van der Waals surface area contributed by atoms with Crippen LogP contribution in [0.1, 0.15) is 35.5 Å². The number of hydrogen-bond acceptors (Lipinski definition) is 4. The Kier molecular flexibility index (Phi) is 6.45. The van der Waals surface area contributed by atoms with Crippen LogP contribution in [-0.2, 0) is 0 Å². The third-order valence-corrected chi connectivity index (χ3v) is 4.89. The van der Waals surface area contributed by atoms with Crippen molar-refractivity contribution in [3.05, 3.63) is 59.3 Å². The molecule has 0 fully saturated rings. The van der Waals surface area contributed by atoms with E-state index < -0.39 is 0 Å². The lowest BCUT2D eigenvalue weighted by Gasteiger charge is -2.12. The molecule has 1 amide bonds. The highest BCUT2D eigenvalue weighted by Gasteiger charge is 2.21. The Bertz CT molecular complexity index is 1050. The van der Waals surface area contributed by atoms with Crippen LogP contribution in [0.25, 0.3) is 16.9 Å². The van der Waals surface area contributed by atoms with Gasteiger partial charge >= 0.3 is 0 Å². The van der Waals surface area contributed by atoms with E-state index in [1.165, 1.54) is 0 Å². The highest BCUT2D eigenvalue weighted by Crippen LogP contribution is 2.33. The topological polar surface area (TPSA) is 65.4 Å². The van der Waals surface area contributed by atoms with E-state index in [0.717, 1.165) is 22.4 Å². The number of amides is 1. The zero-order chi connectivity index (χ0) is 21.8. The smallest absolute Gasteiger partial charge is 0.270 e. The van der Waals surface area contributed by atoms with Crippen molar-refractivity contribution in [2.45, 2.75) is 27.7 Å². The third-order valence-electron chi connectivity index (χ3n) is 4.89. The van der Waals surface area contributed by atoms with E-state index in [0.29, 0.717) is 35.3 Å². The van der Waals surface area contributed by atoms with Crippen LogP contribution < -0.4 is 14.8 Å². The Morgan fingerprint density at radius 3 is 2.50 bits per heavy atom. The molecular formula is C24H29N3O3. The molecule has 3 rings (SSSR count). The summed E-state index contributed by atoms with van der Waals surface area (Å²) < 4.78 is 12.6. The Morgan fingerprint density at radius 2 is 1.83 bits per heavy atom. The number of hydrogen-bond donors (Lipinski definition) is 1. The van der Waals surface area contributed by atoms with Crippen molar-refractivity contribution < 1.29 is 14.3 Å². The molecule has 6 nitrogen and oxygen atoms in total. The SMILES string of the molecule is COc1ccc(-c2cc(C(=O)NCC(C)C)n(-c3cc(C)ccc3C)n2)c(OC)c1. The van der Waals surface area contributed by atoms with Crippen LogP contribution in [-0.4, -0.2) is 36.5 Å². The molecule has 3 aromatic rings. The predicted molar refractivity (Wildman–Crippen MR) is 119 cm³/mol. The first kappa shape index (κ1) is 21.4. The molecule has 1 heterocycles. The van der Waals surface area contributed by atoms with Gasteiger partial charge < -0.3 is 14.8 Å². The van der Waals surface area contributed by atoms with Crippen molar-refractivity contribution >= 4 is 5.91 Å². The van der Waals surface area contributed by atoms with E-state index in [-0.39, 0.29) is 5.91 Å². The number of ether oxygens (including phenoxy) is 2. The lowest BCUT2D eigenvalue weighted by atomic mass is 10.1. The monoisotopic (exact) mass is 407 g/mol. The summed E-state index contributed by atoms with van der Waals surface area (Å²) in [4.78, 5) is 13.0. The zero-order valence-corrected chi connectivity index (χ0v) is 18.4. The lowest BCUT2D eigenvalue weighted by molar-refractivity contribution is 0.0941. The van der Waals surface area contributed by atoms with Gasteiger partial charge in [-0.25, -0.2) is 4.68 Å². The summed E-state index contributed by atoms with van der Waals surface area (Å²) in [5.41, 5.74) is 4.95. The first-order valence-corrected chi connectivity index (χ1v) is 10.0. The second-order valence-electron chi connectivity index (χ2n) is 7.79. The fourth-order valence-corrected chi connectivity index (χ4v) is 3.20. The molecule has 158 valence electrons. The summed E-state index contributed by atoms with van der Waals surface area (Å²) in [5.74, 6) is 1.52. The maximum atomic E-state index is 13.0. The van der Waals surface area contributed by atoms with Gasteiger partial charge in [0.15, 0.2) is 0 Å². The molecule has 0 atom stereocenters. The van der Waals surface area contributed by atoms with Crippen molar-refractivity contribution in [2.75, 3.05) is 20.8 Å². The van der Waals surface area contributed by atoms with Gasteiger partial charge in [-0.2, -0.15) is 5.10 Å². The number of carbonyl (C=O) groups is 1. The summed E-state index contributed by atoms with van der Waals surface area (Å²) in [6.07, 6.45) is 0. The van der Waals surface area contributed by atoms with Crippen molar-refractivity contribution in [1.29, 1.82) is 0 Å². The highest BCUT2D eigenvalue weighted by molar-refractivity contribution is 5.94. The Hall–Kier alpha value is -3.28.